The highest BCUT2D eigenvalue weighted by Gasteiger charge is 2.07. The van der Waals surface area contributed by atoms with Gasteiger partial charge in [-0.2, -0.15) is 0 Å². The highest BCUT2D eigenvalue weighted by Crippen LogP contribution is 2.29. The highest BCUT2D eigenvalue weighted by molar-refractivity contribution is 7.15. The molecule has 0 bridgehead atoms. The Kier molecular flexibility index (Phi) is 4.01. The van der Waals surface area contributed by atoms with Crippen molar-refractivity contribution in [1.29, 1.82) is 0 Å². The Bertz CT molecular complexity index is 754. The first kappa shape index (κ1) is 13.8. The van der Waals surface area contributed by atoms with Crippen LogP contribution in [-0.2, 0) is 13.0 Å². The van der Waals surface area contributed by atoms with E-state index in [4.69, 9.17) is 4.74 Å². The topological polar surface area (TPSA) is 47.0 Å². The lowest BCUT2D eigenvalue weighted by molar-refractivity contribution is 0.419. The third-order valence-corrected chi connectivity index (χ3v) is 4.42. The van der Waals surface area contributed by atoms with E-state index in [1.807, 2.05) is 18.2 Å². The fourth-order valence-electron chi connectivity index (χ4n) is 2.30. The molecule has 0 fully saturated rings. The van der Waals surface area contributed by atoms with Gasteiger partial charge in [0.25, 0.3) is 0 Å². The number of hydrogen-bond acceptors (Lipinski definition) is 5. The molecule has 1 aromatic heterocycles. The summed E-state index contributed by atoms with van der Waals surface area (Å²) >= 11 is 1.61. The maximum atomic E-state index is 5.42. The molecule has 4 nitrogen and oxygen atoms in total. The normalized spacial score (nSPS) is 10.8. The lowest BCUT2D eigenvalue weighted by Gasteiger charge is -2.10. The van der Waals surface area contributed by atoms with Crippen molar-refractivity contribution in [3.05, 3.63) is 47.0 Å². The number of methoxy groups -OCH3 is 1. The largest absolute Gasteiger partial charge is 0.496 e. The summed E-state index contributed by atoms with van der Waals surface area (Å²) in [6.45, 7) is 2.81. The first-order valence-electron chi connectivity index (χ1n) is 6.92. The van der Waals surface area contributed by atoms with Gasteiger partial charge >= 0.3 is 0 Å². The Balaban J connectivity index is 1.87. The lowest BCUT2D eigenvalue weighted by Crippen LogP contribution is -2.00. The van der Waals surface area contributed by atoms with Crippen LogP contribution >= 0.6 is 11.3 Å². The summed E-state index contributed by atoms with van der Waals surface area (Å²) < 4.78 is 5.42. The molecule has 1 heterocycles. The Labute approximate surface area is 127 Å². The number of rotatable bonds is 5. The SMILES string of the molecule is CCc1nnc(NCc2ccc(OC)c3ccccc23)s1. The molecule has 3 aromatic rings. The number of nitrogens with one attached hydrogen (secondary N) is 1. The predicted molar refractivity (Wildman–Crippen MR) is 87.1 cm³/mol. The van der Waals surface area contributed by atoms with Gasteiger partial charge in [-0.05, 0) is 23.4 Å². The Morgan fingerprint density at radius 1 is 1.10 bits per heavy atom. The van der Waals surface area contributed by atoms with Crippen LogP contribution < -0.4 is 10.1 Å². The van der Waals surface area contributed by atoms with Crippen LogP contribution in [0.3, 0.4) is 0 Å². The monoisotopic (exact) mass is 299 g/mol. The smallest absolute Gasteiger partial charge is 0.205 e. The van der Waals surface area contributed by atoms with E-state index in [9.17, 15) is 0 Å². The number of hydrogen-bond donors (Lipinski definition) is 1. The van der Waals surface area contributed by atoms with Crippen molar-refractivity contribution in [3.63, 3.8) is 0 Å². The van der Waals surface area contributed by atoms with Gasteiger partial charge in [0.05, 0.1) is 7.11 Å². The number of fused-ring (bicyclic) bond motifs is 1. The summed E-state index contributed by atoms with van der Waals surface area (Å²) in [5, 5.41) is 15.9. The number of aromatic nitrogens is 2. The predicted octanol–water partition coefficient (Wildman–Crippen LogP) is 3.87. The van der Waals surface area contributed by atoms with Crippen molar-refractivity contribution < 1.29 is 4.74 Å². The Hall–Kier alpha value is -2.14. The molecule has 0 saturated heterocycles. The second kappa shape index (κ2) is 6.10. The fraction of sp³-hybridized carbons (Fsp3) is 0.250. The molecule has 0 amide bonds. The zero-order chi connectivity index (χ0) is 14.7. The van der Waals surface area contributed by atoms with Gasteiger partial charge in [0.2, 0.25) is 5.13 Å². The van der Waals surface area contributed by atoms with E-state index in [0.717, 1.165) is 34.2 Å². The average molecular weight is 299 g/mol. The van der Waals surface area contributed by atoms with Gasteiger partial charge in [0.15, 0.2) is 0 Å². The molecule has 108 valence electrons. The van der Waals surface area contributed by atoms with Crippen LogP contribution in [0.5, 0.6) is 5.75 Å². The number of nitrogens with zero attached hydrogens (tertiary/aromatic N) is 2. The second-order valence-corrected chi connectivity index (χ2v) is 5.74. The summed E-state index contributed by atoms with van der Waals surface area (Å²) in [6, 6.07) is 12.4. The van der Waals surface area contributed by atoms with Crippen LogP contribution in [0, 0.1) is 0 Å². The van der Waals surface area contributed by atoms with Gasteiger partial charge in [-0.15, -0.1) is 10.2 Å². The molecule has 0 saturated carbocycles. The maximum Gasteiger partial charge on any atom is 0.205 e. The Morgan fingerprint density at radius 3 is 2.62 bits per heavy atom. The van der Waals surface area contributed by atoms with Crippen molar-refractivity contribution in [2.75, 3.05) is 12.4 Å². The number of anilines is 1. The second-order valence-electron chi connectivity index (χ2n) is 4.68. The molecule has 0 unspecified atom stereocenters. The van der Waals surface area contributed by atoms with Crippen molar-refractivity contribution in [2.24, 2.45) is 0 Å². The van der Waals surface area contributed by atoms with Gasteiger partial charge in [0.1, 0.15) is 10.8 Å². The molecule has 0 aliphatic carbocycles. The van der Waals surface area contributed by atoms with Crippen LogP contribution in [0.25, 0.3) is 10.8 Å². The van der Waals surface area contributed by atoms with Crippen LogP contribution in [0.4, 0.5) is 5.13 Å². The van der Waals surface area contributed by atoms with Gasteiger partial charge in [0, 0.05) is 11.9 Å². The van der Waals surface area contributed by atoms with Crippen molar-refractivity contribution in [1.82, 2.24) is 10.2 Å². The number of benzene rings is 2. The van der Waals surface area contributed by atoms with E-state index in [1.54, 1.807) is 18.4 Å². The van der Waals surface area contributed by atoms with Gasteiger partial charge in [-0.1, -0.05) is 48.6 Å². The first-order valence-corrected chi connectivity index (χ1v) is 7.74. The van der Waals surface area contributed by atoms with E-state index in [1.165, 1.54) is 10.9 Å². The number of ether oxygens (including phenoxy) is 1. The summed E-state index contributed by atoms with van der Waals surface area (Å²) in [5.74, 6) is 0.901. The molecule has 5 heteroatoms. The molecule has 0 aliphatic heterocycles. The molecule has 1 N–H and O–H groups in total. The van der Waals surface area contributed by atoms with Crippen LogP contribution in [-0.4, -0.2) is 17.3 Å². The van der Waals surface area contributed by atoms with Crippen molar-refractivity contribution in [3.8, 4) is 5.75 Å². The summed E-state index contributed by atoms with van der Waals surface area (Å²) in [6.07, 6.45) is 0.921. The molecule has 2 aromatic carbocycles. The summed E-state index contributed by atoms with van der Waals surface area (Å²) in [4.78, 5) is 0. The molecule has 0 aliphatic rings. The quantitative estimate of drug-likeness (QED) is 0.777. The van der Waals surface area contributed by atoms with Crippen LogP contribution in [0.2, 0.25) is 0 Å². The zero-order valence-electron chi connectivity index (χ0n) is 12.1. The Morgan fingerprint density at radius 2 is 1.90 bits per heavy atom. The average Bonchev–Trinajstić information content (AvgIpc) is 3.00. The minimum absolute atomic E-state index is 0.725. The molecule has 0 spiro atoms. The van der Waals surface area contributed by atoms with Gasteiger partial charge in [-0.25, -0.2) is 0 Å². The number of aryl methyl sites for hydroxylation is 1. The van der Waals surface area contributed by atoms with Gasteiger partial charge < -0.3 is 10.1 Å². The van der Waals surface area contributed by atoms with Crippen LogP contribution in [0.15, 0.2) is 36.4 Å². The summed E-state index contributed by atoms with van der Waals surface area (Å²) in [5.41, 5.74) is 1.22. The third kappa shape index (κ3) is 2.83. The molecule has 21 heavy (non-hydrogen) atoms. The van der Waals surface area contributed by atoms with E-state index in [2.05, 4.69) is 40.6 Å². The van der Waals surface area contributed by atoms with Crippen molar-refractivity contribution in [2.45, 2.75) is 19.9 Å². The van der Waals surface area contributed by atoms with Crippen LogP contribution in [0.1, 0.15) is 17.5 Å². The van der Waals surface area contributed by atoms with E-state index in [0.29, 0.717) is 0 Å². The summed E-state index contributed by atoms with van der Waals surface area (Å²) in [7, 11) is 1.70. The van der Waals surface area contributed by atoms with E-state index < -0.39 is 0 Å². The molecule has 0 radical (unpaired) electrons. The lowest BCUT2D eigenvalue weighted by atomic mass is 10.0. The minimum atomic E-state index is 0.725. The van der Waals surface area contributed by atoms with Crippen molar-refractivity contribution >= 4 is 27.2 Å². The van der Waals surface area contributed by atoms with E-state index >= 15 is 0 Å². The maximum absolute atomic E-state index is 5.42. The fourth-order valence-corrected chi connectivity index (χ4v) is 2.98. The minimum Gasteiger partial charge on any atom is -0.496 e. The molecular formula is C16H17N3OS. The zero-order valence-corrected chi connectivity index (χ0v) is 12.9. The standard InChI is InChI=1S/C16H17N3OS/c1-3-15-18-19-16(21-15)17-10-11-8-9-14(20-2)13-7-5-4-6-12(11)13/h4-9H,3,10H2,1-2H3,(H,17,19). The van der Waals surface area contributed by atoms with Gasteiger partial charge in [-0.3, -0.25) is 0 Å². The first-order chi connectivity index (χ1) is 10.3. The highest BCUT2D eigenvalue weighted by atomic mass is 32.1. The molecule has 0 atom stereocenters. The third-order valence-electron chi connectivity index (χ3n) is 3.39. The molecular weight excluding hydrogens is 282 g/mol. The van der Waals surface area contributed by atoms with E-state index in [-0.39, 0.29) is 0 Å². The molecule has 3 rings (SSSR count).